The Morgan fingerprint density at radius 3 is 2.58 bits per heavy atom. The number of esters is 1. The number of thiazole rings is 1. The topological polar surface area (TPSA) is 112 Å². The fourth-order valence-electron chi connectivity index (χ4n) is 2.16. The minimum atomic E-state index is -4.18. The van der Waals surface area contributed by atoms with Gasteiger partial charge in [0.1, 0.15) is 12.3 Å². The molecule has 2 aromatic rings. The monoisotopic (exact) mass is 398 g/mol. The number of rotatable bonds is 5. The predicted molar refractivity (Wildman–Crippen MR) is 96.2 cm³/mol. The Morgan fingerprint density at radius 1 is 1.27 bits per heavy atom. The molecule has 0 aliphatic carbocycles. The van der Waals surface area contributed by atoms with E-state index < -0.39 is 32.6 Å². The van der Waals surface area contributed by atoms with Gasteiger partial charge in [0.05, 0.1) is 16.8 Å². The van der Waals surface area contributed by atoms with E-state index in [2.05, 4.69) is 4.99 Å². The van der Waals surface area contributed by atoms with Gasteiger partial charge in [-0.05, 0) is 31.5 Å². The molecular weight excluding hydrogens is 380 g/mol. The lowest BCUT2D eigenvalue weighted by Crippen LogP contribution is -2.26. The number of aromatic nitrogens is 1. The molecule has 26 heavy (non-hydrogen) atoms. The molecule has 0 spiro atoms. The van der Waals surface area contributed by atoms with Crippen LogP contribution in [0.4, 0.5) is 0 Å². The second-order valence-corrected chi connectivity index (χ2v) is 8.61. The summed E-state index contributed by atoms with van der Waals surface area (Å²) < 4.78 is 30.4. The van der Waals surface area contributed by atoms with Crippen molar-refractivity contribution in [1.82, 2.24) is 4.57 Å². The molecule has 10 heteroatoms. The van der Waals surface area contributed by atoms with Crippen LogP contribution in [0.3, 0.4) is 0 Å². The number of hydrogen-bond acceptors (Lipinski definition) is 7. The van der Waals surface area contributed by atoms with Crippen LogP contribution >= 0.6 is 11.3 Å². The Labute approximate surface area is 154 Å². The maximum atomic E-state index is 12.0. The summed E-state index contributed by atoms with van der Waals surface area (Å²) in [4.78, 5) is 38.9. The summed E-state index contributed by atoms with van der Waals surface area (Å²) in [6.45, 7) is 4.51. The van der Waals surface area contributed by atoms with Gasteiger partial charge < -0.3 is 9.30 Å². The standard InChI is InChI=1S/C16H18N2O6S2/c1-4-24-15(21)8-18-12-6-5-10(2)7-13(12)25-16(18)17-14(20)9-26(22,23)11(3)19/h5-7H,4,8-9H2,1-3H3. The van der Waals surface area contributed by atoms with Gasteiger partial charge in [-0.2, -0.15) is 4.99 Å². The van der Waals surface area contributed by atoms with Gasteiger partial charge in [0.2, 0.25) is 15.0 Å². The fourth-order valence-corrected chi connectivity index (χ4v) is 3.90. The number of aryl methyl sites for hydroxylation is 1. The summed E-state index contributed by atoms with van der Waals surface area (Å²) in [5.74, 6) is -2.48. The van der Waals surface area contributed by atoms with Crippen LogP contribution in [0.2, 0.25) is 0 Å². The van der Waals surface area contributed by atoms with Gasteiger partial charge in [0.25, 0.3) is 5.91 Å². The molecule has 1 aromatic heterocycles. The first-order chi connectivity index (χ1) is 12.1. The molecular formula is C16H18N2O6S2. The lowest BCUT2D eigenvalue weighted by molar-refractivity contribution is -0.143. The molecule has 0 atom stereocenters. The van der Waals surface area contributed by atoms with Crippen LogP contribution in [0.1, 0.15) is 19.4 Å². The highest BCUT2D eigenvalue weighted by molar-refractivity contribution is 8.06. The maximum absolute atomic E-state index is 12.0. The van der Waals surface area contributed by atoms with Gasteiger partial charge in [-0.1, -0.05) is 17.4 Å². The van der Waals surface area contributed by atoms with Crippen LogP contribution in [0.15, 0.2) is 23.2 Å². The number of ether oxygens (including phenoxy) is 1. The van der Waals surface area contributed by atoms with E-state index in [1.54, 1.807) is 13.0 Å². The van der Waals surface area contributed by atoms with Crippen molar-refractivity contribution in [2.75, 3.05) is 12.4 Å². The van der Waals surface area contributed by atoms with Crippen LogP contribution < -0.4 is 4.80 Å². The number of amides is 1. The van der Waals surface area contributed by atoms with E-state index >= 15 is 0 Å². The van der Waals surface area contributed by atoms with Gasteiger partial charge in [-0.25, -0.2) is 8.42 Å². The van der Waals surface area contributed by atoms with Crippen LogP contribution in [-0.2, 0) is 35.5 Å². The van der Waals surface area contributed by atoms with Crippen molar-refractivity contribution < 1.29 is 27.5 Å². The van der Waals surface area contributed by atoms with Crippen molar-refractivity contribution in [3.63, 3.8) is 0 Å². The molecule has 0 fully saturated rings. The van der Waals surface area contributed by atoms with Crippen molar-refractivity contribution in [3.05, 3.63) is 28.6 Å². The first-order valence-corrected chi connectivity index (χ1v) is 10.2. The molecule has 0 aliphatic heterocycles. The molecule has 0 bridgehead atoms. The van der Waals surface area contributed by atoms with Gasteiger partial charge >= 0.3 is 5.97 Å². The molecule has 0 aliphatic rings. The van der Waals surface area contributed by atoms with Crippen molar-refractivity contribution >= 4 is 48.4 Å². The number of hydrogen-bond donors (Lipinski definition) is 0. The van der Waals surface area contributed by atoms with E-state index in [0.29, 0.717) is 5.52 Å². The number of carbonyl (C=O) groups excluding carboxylic acids is 3. The average Bonchev–Trinajstić information content (AvgIpc) is 2.83. The zero-order valence-electron chi connectivity index (χ0n) is 14.5. The summed E-state index contributed by atoms with van der Waals surface area (Å²) in [6, 6.07) is 5.51. The fraction of sp³-hybridized carbons (Fsp3) is 0.375. The van der Waals surface area contributed by atoms with E-state index in [1.165, 1.54) is 4.57 Å². The highest BCUT2D eigenvalue weighted by atomic mass is 32.2. The summed E-state index contributed by atoms with van der Waals surface area (Å²) >= 11 is 1.15. The second-order valence-electron chi connectivity index (χ2n) is 5.50. The number of nitrogens with zero attached hydrogens (tertiary/aromatic N) is 2. The number of fused-ring (bicyclic) bond motifs is 1. The molecule has 2 rings (SSSR count). The van der Waals surface area contributed by atoms with Gasteiger partial charge in [-0.15, -0.1) is 0 Å². The molecule has 140 valence electrons. The molecule has 1 aromatic carbocycles. The quantitative estimate of drug-likeness (QED) is 0.694. The van der Waals surface area contributed by atoms with E-state index in [9.17, 15) is 22.8 Å². The molecule has 0 saturated heterocycles. The van der Waals surface area contributed by atoms with Crippen molar-refractivity contribution in [3.8, 4) is 0 Å². The average molecular weight is 398 g/mol. The molecule has 1 amide bonds. The first-order valence-electron chi connectivity index (χ1n) is 7.70. The molecule has 0 saturated carbocycles. The number of carbonyl (C=O) groups is 3. The Bertz CT molecular complexity index is 1050. The second kappa shape index (κ2) is 7.92. The minimum Gasteiger partial charge on any atom is -0.465 e. The largest absolute Gasteiger partial charge is 0.465 e. The van der Waals surface area contributed by atoms with Crippen molar-refractivity contribution in [1.29, 1.82) is 0 Å². The Morgan fingerprint density at radius 2 is 1.96 bits per heavy atom. The van der Waals surface area contributed by atoms with Crippen molar-refractivity contribution in [2.45, 2.75) is 27.3 Å². The highest BCUT2D eigenvalue weighted by Crippen LogP contribution is 2.19. The summed E-state index contributed by atoms with van der Waals surface area (Å²) in [6.07, 6.45) is 0. The Balaban J connectivity index is 2.52. The number of sulfone groups is 1. The van der Waals surface area contributed by atoms with E-state index in [1.807, 2.05) is 19.1 Å². The Hall–Kier alpha value is -2.33. The molecule has 0 unspecified atom stereocenters. The zero-order valence-corrected chi connectivity index (χ0v) is 16.1. The van der Waals surface area contributed by atoms with E-state index in [0.717, 1.165) is 28.5 Å². The highest BCUT2D eigenvalue weighted by Gasteiger charge is 2.22. The third kappa shape index (κ3) is 4.64. The smallest absolute Gasteiger partial charge is 0.326 e. The third-order valence-corrected chi connectivity index (χ3v) is 5.95. The first kappa shape index (κ1) is 20.0. The van der Waals surface area contributed by atoms with Gasteiger partial charge in [0.15, 0.2) is 4.80 Å². The predicted octanol–water partition coefficient (Wildman–Crippen LogP) is 0.963. The van der Waals surface area contributed by atoms with Crippen LogP contribution in [-0.4, -0.2) is 42.3 Å². The number of benzene rings is 1. The Kier molecular flexibility index (Phi) is 6.09. The van der Waals surface area contributed by atoms with Crippen molar-refractivity contribution in [2.24, 2.45) is 4.99 Å². The maximum Gasteiger partial charge on any atom is 0.326 e. The molecule has 1 heterocycles. The van der Waals surface area contributed by atoms with Crippen LogP contribution in [0.25, 0.3) is 10.2 Å². The minimum absolute atomic E-state index is 0.164. The van der Waals surface area contributed by atoms with Crippen LogP contribution in [0, 0.1) is 6.92 Å². The molecule has 0 radical (unpaired) electrons. The van der Waals surface area contributed by atoms with Gasteiger partial charge in [0, 0.05) is 6.92 Å². The van der Waals surface area contributed by atoms with Crippen LogP contribution in [0.5, 0.6) is 0 Å². The van der Waals surface area contributed by atoms with E-state index in [-0.39, 0.29) is 18.0 Å². The van der Waals surface area contributed by atoms with E-state index in [4.69, 9.17) is 4.74 Å². The van der Waals surface area contributed by atoms with Gasteiger partial charge in [-0.3, -0.25) is 14.4 Å². The molecule has 0 N–H and O–H groups in total. The summed E-state index contributed by atoms with van der Waals surface area (Å²) in [5.41, 5.74) is 1.66. The normalized spacial score (nSPS) is 12.3. The lowest BCUT2D eigenvalue weighted by Gasteiger charge is -2.05. The zero-order chi connectivity index (χ0) is 19.5. The summed E-state index contributed by atoms with van der Waals surface area (Å²) in [5, 5.41) is -1.09. The summed E-state index contributed by atoms with van der Waals surface area (Å²) in [7, 11) is -4.18. The lowest BCUT2D eigenvalue weighted by atomic mass is 10.2. The SMILES string of the molecule is CCOC(=O)Cn1c(=NC(=O)CS(=O)(=O)C(C)=O)sc2cc(C)ccc21. The molecule has 8 nitrogen and oxygen atoms in total. The third-order valence-electron chi connectivity index (χ3n) is 3.40.